The Balaban J connectivity index is 1.28. The minimum absolute atomic E-state index is 0.0932. The molecule has 0 aromatic heterocycles. The second kappa shape index (κ2) is 21.5. The van der Waals surface area contributed by atoms with Crippen molar-refractivity contribution in [3.05, 3.63) is 138 Å². The summed E-state index contributed by atoms with van der Waals surface area (Å²) in [5, 5.41) is 23.9. The fourth-order valence-corrected chi connectivity index (χ4v) is 6.95. The Labute approximate surface area is 401 Å². The molecule has 0 saturated heterocycles. The molecular weight excluding hydrogens is 992 g/mol. The Bertz CT molecular complexity index is 2740. The summed E-state index contributed by atoms with van der Waals surface area (Å²) < 4.78 is 81.6. The molecule has 24 heteroatoms. The van der Waals surface area contributed by atoms with E-state index in [1.54, 1.807) is 13.8 Å². The fraction of sp³-hybridized carbons (Fsp3) is 0.182. The van der Waals surface area contributed by atoms with Gasteiger partial charge in [-0.25, -0.2) is 0 Å². The average Bonchev–Trinajstić information content (AvgIpc) is 3.22. The molecule has 2 atom stereocenters. The van der Waals surface area contributed by atoms with E-state index in [0.29, 0.717) is 11.1 Å². The molecule has 0 radical (unpaired) electrons. The molecule has 5 aromatic carbocycles. The lowest BCUT2D eigenvalue weighted by Crippen LogP contribution is -2.32. The van der Waals surface area contributed by atoms with Crippen molar-refractivity contribution in [2.24, 2.45) is 20.5 Å². The molecule has 0 aliphatic rings. The summed E-state index contributed by atoms with van der Waals surface area (Å²) in [6.45, 7) is 5.20. The van der Waals surface area contributed by atoms with Crippen LogP contribution in [-0.4, -0.2) is 47.3 Å². The molecule has 0 heterocycles. The highest BCUT2D eigenvalue weighted by Gasteiger charge is 2.36. The summed E-state index contributed by atoms with van der Waals surface area (Å²) in [5.41, 5.74) is -3.58. The number of amides is 4. The van der Waals surface area contributed by atoms with Crippen LogP contribution in [0.3, 0.4) is 0 Å². The summed E-state index contributed by atoms with van der Waals surface area (Å²) in [6, 6.07) is 12.1. The first kappa shape index (κ1) is 52.2. The Morgan fingerprint density at radius 1 is 0.515 bits per heavy atom. The maximum atomic E-state index is 13.6. The van der Waals surface area contributed by atoms with E-state index in [-0.39, 0.29) is 54.0 Å². The van der Waals surface area contributed by atoms with Crippen LogP contribution in [-0.2, 0) is 31.5 Å². The number of ketones is 2. The number of alkyl halides is 6. The van der Waals surface area contributed by atoms with Gasteiger partial charge in [0, 0.05) is 32.5 Å². The standard InChI is InChI=1S/C44H32Cl4F6N8O6/c1-19-11-34(56-42(68)36(22(4)64)62-60-28-16-24(14-26(46)18-28)40(66)58-38-30(44(52,53)54)8-6-10-32(38)48)20(2)12-33(19)55-41(67)35(21(3)63)61-59-27-15-23(13-25(45)17-27)39(65)57-37-29(43(49,50)51)7-5-9-31(37)47/h5-18,35-36H,1-4H3,(H,55,67)(H,56,68)(H,57,65)(H,58,66). The smallest absolute Gasteiger partial charge is 0.324 e. The van der Waals surface area contributed by atoms with E-state index < -0.39 is 82.1 Å². The Hall–Kier alpha value is -6.74. The summed E-state index contributed by atoms with van der Waals surface area (Å²) in [6.07, 6.45) is -9.70. The van der Waals surface area contributed by atoms with Gasteiger partial charge in [-0.2, -0.15) is 46.8 Å². The molecule has 5 rings (SSSR count). The third-order valence-corrected chi connectivity index (χ3v) is 10.4. The van der Waals surface area contributed by atoms with Crippen LogP contribution < -0.4 is 21.3 Å². The first-order valence-corrected chi connectivity index (χ1v) is 20.8. The fourth-order valence-electron chi connectivity index (χ4n) is 6.05. The van der Waals surface area contributed by atoms with Crippen molar-refractivity contribution in [1.29, 1.82) is 0 Å². The number of Topliss-reactive ketones (excluding diaryl/α,β-unsaturated/α-hetero) is 2. The van der Waals surface area contributed by atoms with E-state index in [1.165, 1.54) is 24.3 Å². The zero-order valence-corrected chi connectivity index (χ0v) is 38.3. The van der Waals surface area contributed by atoms with E-state index in [4.69, 9.17) is 46.4 Å². The largest absolute Gasteiger partial charge is 0.418 e. The maximum absolute atomic E-state index is 13.6. The predicted octanol–water partition coefficient (Wildman–Crippen LogP) is 12.8. The van der Waals surface area contributed by atoms with Gasteiger partial charge in [0.05, 0.1) is 43.9 Å². The third-order valence-electron chi connectivity index (χ3n) is 9.34. The molecule has 0 saturated carbocycles. The highest BCUT2D eigenvalue weighted by molar-refractivity contribution is 6.35. The Morgan fingerprint density at radius 3 is 1.19 bits per heavy atom. The van der Waals surface area contributed by atoms with Gasteiger partial charge in [-0.05, 0) is 112 Å². The van der Waals surface area contributed by atoms with Crippen molar-refractivity contribution in [2.45, 2.75) is 52.1 Å². The van der Waals surface area contributed by atoms with Gasteiger partial charge in [-0.3, -0.25) is 28.8 Å². The molecule has 4 N–H and O–H groups in total. The Kier molecular flexibility index (Phi) is 16.5. The maximum Gasteiger partial charge on any atom is 0.418 e. The number of hydrogen-bond acceptors (Lipinski definition) is 10. The molecule has 0 aliphatic heterocycles. The topological polar surface area (TPSA) is 200 Å². The van der Waals surface area contributed by atoms with Gasteiger partial charge in [0.25, 0.3) is 23.6 Å². The predicted molar refractivity (Wildman–Crippen MR) is 243 cm³/mol. The normalized spacial score (nSPS) is 12.7. The highest BCUT2D eigenvalue weighted by atomic mass is 35.5. The molecule has 14 nitrogen and oxygen atoms in total. The highest BCUT2D eigenvalue weighted by Crippen LogP contribution is 2.40. The van der Waals surface area contributed by atoms with Gasteiger partial charge in [0.1, 0.15) is 0 Å². The lowest BCUT2D eigenvalue weighted by Gasteiger charge is -2.16. The number of aryl methyl sites for hydroxylation is 2. The van der Waals surface area contributed by atoms with Crippen LogP contribution in [0.2, 0.25) is 20.1 Å². The van der Waals surface area contributed by atoms with Crippen LogP contribution in [0, 0.1) is 13.8 Å². The number of anilines is 4. The zero-order chi connectivity index (χ0) is 50.4. The van der Waals surface area contributed by atoms with E-state index in [0.717, 1.165) is 74.5 Å². The summed E-state index contributed by atoms with van der Waals surface area (Å²) >= 11 is 24.2. The van der Waals surface area contributed by atoms with Gasteiger partial charge < -0.3 is 21.3 Å². The monoisotopic (exact) mass is 1020 g/mol. The van der Waals surface area contributed by atoms with Crippen molar-refractivity contribution in [3.63, 3.8) is 0 Å². The van der Waals surface area contributed by atoms with Crippen molar-refractivity contribution >= 4 is 116 Å². The number of azo groups is 2. The molecule has 0 aliphatic carbocycles. The van der Waals surface area contributed by atoms with Crippen LogP contribution in [0.5, 0.6) is 0 Å². The van der Waals surface area contributed by atoms with E-state index in [2.05, 4.69) is 41.7 Å². The summed E-state index contributed by atoms with van der Waals surface area (Å²) in [5.74, 6) is -5.52. The minimum Gasteiger partial charge on any atom is -0.324 e. The Morgan fingerprint density at radius 2 is 0.868 bits per heavy atom. The van der Waals surface area contributed by atoms with Crippen LogP contribution in [0.4, 0.5) is 60.5 Å². The number of hydrogen-bond donors (Lipinski definition) is 4. The number of carbonyl (C=O) groups is 6. The third kappa shape index (κ3) is 13.2. The number of nitrogens with one attached hydrogen (secondary N) is 4. The first-order valence-electron chi connectivity index (χ1n) is 19.2. The van der Waals surface area contributed by atoms with Gasteiger partial charge in [-0.1, -0.05) is 58.5 Å². The first-order chi connectivity index (χ1) is 31.7. The van der Waals surface area contributed by atoms with Crippen molar-refractivity contribution in [1.82, 2.24) is 0 Å². The molecule has 0 bridgehead atoms. The molecule has 2 unspecified atom stereocenters. The molecule has 4 amide bonds. The van der Waals surface area contributed by atoms with Gasteiger partial charge in [0.2, 0.25) is 12.1 Å². The average molecular weight is 1020 g/mol. The lowest BCUT2D eigenvalue weighted by atomic mass is 10.1. The lowest BCUT2D eigenvalue weighted by molar-refractivity contribution is -0.137. The van der Waals surface area contributed by atoms with Crippen LogP contribution in [0.25, 0.3) is 0 Å². The van der Waals surface area contributed by atoms with Gasteiger partial charge >= 0.3 is 12.4 Å². The number of halogens is 10. The van der Waals surface area contributed by atoms with E-state index in [1.807, 2.05) is 0 Å². The number of benzene rings is 5. The molecule has 0 fully saturated rings. The van der Waals surface area contributed by atoms with Crippen molar-refractivity contribution < 1.29 is 55.1 Å². The van der Waals surface area contributed by atoms with E-state index in [9.17, 15) is 55.1 Å². The van der Waals surface area contributed by atoms with E-state index >= 15 is 0 Å². The van der Waals surface area contributed by atoms with Crippen molar-refractivity contribution in [3.8, 4) is 0 Å². The second-order valence-electron chi connectivity index (χ2n) is 14.5. The van der Waals surface area contributed by atoms with Gasteiger partial charge in [0.15, 0.2) is 11.6 Å². The molecule has 354 valence electrons. The molecular formula is C44H32Cl4F6N8O6. The minimum atomic E-state index is -4.85. The SMILES string of the molecule is CC(=O)C(N=Nc1cc(Cl)cc(C(=O)Nc2c(Cl)cccc2C(F)(F)F)c1)C(=O)Nc1cc(C)c(NC(=O)C(N=Nc2cc(Cl)cc(C(=O)Nc3c(Cl)cccc3C(F)(F)F)c2)C(C)=O)cc1C. The zero-order valence-electron chi connectivity index (χ0n) is 35.3. The number of rotatable bonds is 14. The summed E-state index contributed by atoms with van der Waals surface area (Å²) in [7, 11) is 0. The van der Waals surface area contributed by atoms with Crippen LogP contribution >= 0.6 is 46.4 Å². The second-order valence-corrected chi connectivity index (χ2v) is 16.2. The molecule has 68 heavy (non-hydrogen) atoms. The molecule has 0 spiro atoms. The molecule has 5 aromatic rings. The number of nitrogens with zero attached hydrogens (tertiary/aromatic N) is 4. The quantitative estimate of drug-likeness (QED) is 0.0484. The van der Waals surface area contributed by atoms with Crippen LogP contribution in [0.1, 0.15) is 56.8 Å². The van der Waals surface area contributed by atoms with Gasteiger partial charge in [-0.15, -0.1) is 0 Å². The number of carbonyl (C=O) groups excluding carboxylic acids is 6. The number of para-hydroxylation sites is 2. The van der Waals surface area contributed by atoms with Crippen LogP contribution in [0.15, 0.2) is 105 Å². The summed E-state index contributed by atoms with van der Waals surface area (Å²) in [4.78, 5) is 78.0. The van der Waals surface area contributed by atoms with Crippen molar-refractivity contribution in [2.75, 3.05) is 21.3 Å².